The van der Waals surface area contributed by atoms with Gasteiger partial charge in [-0.05, 0) is 77.1 Å². The molecule has 2 heterocycles. The van der Waals surface area contributed by atoms with Gasteiger partial charge < -0.3 is 18.8 Å². The topological polar surface area (TPSA) is 79.8 Å². The summed E-state index contributed by atoms with van der Waals surface area (Å²) in [5.41, 5.74) is -0.459. The van der Waals surface area contributed by atoms with Crippen LogP contribution in [0.25, 0.3) is 0 Å². The van der Waals surface area contributed by atoms with Crippen LogP contribution in [-0.4, -0.2) is 53.1 Å². The fourth-order valence-electron chi connectivity index (χ4n) is 3.32. The van der Waals surface area contributed by atoms with Crippen LogP contribution in [-0.2, 0) is 18.8 Å². The number of rotatable bonds is 7. The number of esters is 1. The molecule has 1 aromatic rings. The van der Waals surface area contributed by atoms with E-state index >= 15 is 0 Å². The van der Waals surface area contributed by atoms with Gasteiger partial charge in [-0.25, -0.2) is 0 Å². The van der Waals surface area contributed by atoms with Crippen LogP contribution < -0.4 is 4.74 Å². The summed E-state index contributed by atoms with van der Waals surface area (Å²) in [5, 5.41) is 0. The Morgan fingerprint density at radius 3 is 2.52 bits per heavy atom. The van der Waals surface area contributed by atoms with Crippen LogP contribution in [0.4, 0.5) is 0 Å². The van der Waals surface area contributed by atoms with Crippen molar-refractivity contribution < 1.29 is 23.6 Å². The van der Waals surface area contributed by atoms with Crippen molar-refractivity contribution in [1.82, 2.24) is 9.36 Å². The Balaban J connectivity index is 1.73. The van der Waals surface area contributed by atoms with Crippen molar-refractivity contribution in [3.05, 3.63) is 11.5 Å². The number of thioether (sulfide) groups is 1. The first-order chi connectivity index (χ1) is 13.6. The Morgan fingerprint density at radius 2 is 2.00 bits per heavy atom. The summed E-state index contributed by atoms with van der Waals surface area (Å²) in [6, 6.07) is 0.309. The Morgan fingerprint density at radius 1 is 1.31 bits per heavy atom. The highest BCUT2D eigenvalue weighted by molar-refractivity contribution is 8.00. The SMILES string of the molecule is CCOC(=O)C1(COc2nsc(SC)n2)CC=C(B2OC(C)(C)C(C)(C)O2)CC1. The third-order valence-electron chi connectivity index (χ3n) is 5.95. The molecule has 0 amide bonds. The molecule has 160 valence electrons. The molecule has 29 heavy (non-hydrogen) atoms. The molecular weight excluding hydrogens is 411 g/mol. The molecule has 1 unspecified atom stereocenters. The predicted octanol–water partition coefficient (Wildman–Crippen LogP) is 3.93. The van der Waals surface area contributed by atoms with E-state index in [1.54, 1.807) is 0 Å². The minimum absolute atomic E-state index is 0.184. The Labute approximate surface area is 181 Å². The van der Waals surface area contributed by atoms with Gasteiger partial charge in [-0.15, -0.1) is 4.37 Å². The maximum Gasteiger partial charge on any atom is 0.490 e. The molecule has 1 aromatic heterocycles. The van der Waals surface area contributed by atoms with E-state index in [9.17, 15) is 4.79 Å². The number of carbonyl (C=O) groups excluding carboxylic acids is 1. The lowest BCUT2D eigenvalue weighted by atomic mass is 9.66. The molecule has 0 radical (unpaired) electrons. The predicted molar refractivity (Wildman–Crippen MR) is 114 cm³/mol. The molecule has 10 heteroatoms. The number of ether oxygens (including phenoxy) is 2. The lowest BCUT2D eigenvalue weighted by molar-refractivity contribution is -0.158. The number of allylic oxidation sites excluding steroid dienone is 2. The number of hydrogen-bond donors (Lipinski definition) is 0. The van der Waals surface area contributed by atoms with E-state index in [-0.39, 0.29) is 30.9 Å². The zero-order valence-electron chi connectivity index (χ0n) is 17.9. The lowest BCUT2D eigenvalue weighted by Gasteiger charge is -2.33. The first-order valence-corrected chi connectivity index (χ1v) is 11.8. The largest absolute Gasteiger partial charge is 0.490 e. The third kappa shape index (κ3) is 4.65. The molecule has 0 spiro atoms. The number of hydrogen-bond acceptors (Lipinski definition) is 9. The van der Waals surface area contributed by atoms with Gasteiger partial charge in [0.05, 0.1) is 17.8 Å². The summed E-state index contributed by atoms with van der Waals surface area (Å²) in [6.45, 7) is 10.5. The summed E-state index contributed by atoms with van der Waals surface area (Å²) < 4.78 is 28.5. The highest BCUT2D eigenvalue weighted by atomic mass is 32.2. The molecule has 7 nitrogen and oxygen atoms in total. The quantitative estimate of drug-likeness (QED) is 0.359. The standard InChI is InChI=1S/C19H29BN2O5S2/c1-7-24-14(23)19(12-25-15-21-16(28-6)29-22-15)10-8-13(9-11-19)20-26-17(2,3)18(4,5)27-20/h8H,7,9-12H2,1-6H3. The molecule has 3 rings (SSSR count). The van der Waals surface area contributed by atoms with E-state index in [0.717, 1.165) is 9.81 Å². The van der Waals surface area contributed by atoms with Gasteiger partial charge in [0.15, 0.2) is 4.34 Å². The summed E-state index contributed by atoms with van der Waals surface area (Å²) in [5.74, 6) is -0.246. The zero-order valence-corrected chi connectivity index (χ0v) is 19.6. The monoisotopic (exact) mass is 440 g/mol. The summed E-state index contributed by atoms with van der Waals surface area (Å²) >= 11 is 2.80. The maximum atomic E-state index is 12.8. The molecule has 0 N–H and O–H groups in total. The first-order valence-electron chi connectivity index (χ1n) is 9.85. The van der Waals surface area contributed by atoms with Gasteiger partial charge >= 0.3 is 19.1 Å². The molecule has 0 aromatic carbocycles. The van der Waals surface area contributed by atoms with Crippen molar-refractivity contribution in [1.29, 1.82) is 0 Å². The van der Waals surface area contributed by atoms with Crippen LogP contribution in [0, 0.1) is 5.41 Å². The molecule has 2 aliphatic rings. The van der Waals surface area contributed by atoms with E-state index in [2.05, 4.69) is 9.36 Å². The van der Waals surface area contributed by atoms with E-state index in [0.29, 0.717) is 31.9 Å². The third-order valence-corrected chi connectivity index (χ3v) is 7.61. The minimum Gasteiger partial charge on any atom is -0.465 e. The highest BCUT2D eigenvalue weighted by Gasteiger charge is 2.53. The van der Waals surface area contributed by atoms with Gasteiger partial charge in [0, 0.05) is 0 Å². The van der Waals surface area contributed by atoms with Crippen LogP contribution in [0.15, 0.2) is 15.9 Å². The van der Waals surface area contributed by atoms with Crippen LogP contribution in [0.3, 0.4) is 0 Å². The van der Waals surface area contributed by atoms with Gasteiger partial charge in [0.2, 0.25) is 0 Å². The van der Waals surface area contributed by atoms with E-state index in [4.69, 9.17) is 18.8 Å². The smallest absolute Gasteiger partial charge is 0.465 e. The molecule has 0 bridgehead atoms. The van der Waals surface area contributed by atoms with E-state index < -0.39 is 5.41 Å². The normalized spacial score (nSPS) is 25.6. The van der Waals surface area contributed by atoms with Gasteiger partial charge in [0.25, 0.3) is 0 Å². The van der Waals surface area contributed by atoms with Crippen molar-refractivity contribution in [2.75, 3.05) is 19.5 Å². The maximum absolute atomic E-state index is 12.8. The second-order valence-corrected chi connectivity index (χ2v) is 10.2. The number of aromatic nitrogens is 2. The molecule has 1 atom stereocenters. The van der Waals surface area contributed by atoms with Crippen LogP contribution >= 0.6 is 23.3 Å². The van der Waals surface area contributed by atoms with Gasteiger partial charge in [0.1, 0.15) is 12.0 Å². The highest BCUT2D eigenvalue weighted by Crippen LogP contribution is 2.43. The van der Waals surface area contributed by atoms with Gasteiger partial charge in [-0.1, -0.05) is 17.8 Å². The fourth-order valence-corrected chi connectivity index (χ4v) is 4.27. The summed E-state index contributed by atoms with van der Waals surface area (Å²) in [6.07, 6.45) is 5.77. The van der Waals surface area contributed by atoms with Crippen LogP contribution in [0.2, 0.25) is 0 Å². The molecular formula is C19H29BN2O5S2. The van der Waals surface area contributed by atoms with Gasteiger partial charge in [-0.3, -0.25) is 4.79 Å². The Kier molecular flexibility index (Phi) is 6.67. The Bertz CT molecular complexity index is 766. The molecule has 1 aliphatic carbocycles. The minimum atomic E-state index is -0.756. The Hall–Kier alpha value is -1.10. The fraction of sp³-hybridized carbons (Fsp3) is 0.737. The van der Waals surface area contributed by atoms with Crippen molar-refractivity contribution >= 4 is 36.4 Å². The van der Waals surface area contributed by atoms with Crippen molar-refractivity contribution in [3.63, 3.8) is 0 Å². The van der Waals surface area contributed by atoms with Crippen LogP contribution in [0.5, 0.6) is 6.01 Å². The number of carbonyl (C=O) groups is 1. The van der Waals surface area contributed by atoms with Crippen molar-refractivity contribution in [2.24, 2.45) is 5.41 Å². The van der Waals surface area contributed by atoms with E-state index in [1.165, 1.54) is 23.3 Å². The zero-order chi connectivity index (χ0) is 21.3. The average molecular weight is 440 g/mol. The first kappa shape index (κ1) is 22.6. The summed E-state index contributed by atoms with van der Waals surface area (Å²) in [4.78, 5) is 17.1. The molecule has 1 fully saturated rings. The molecule has 1 aliphatic heterocycles. The molecule has 0 saturated carbocycles. The lowest BCUT2D eigenvalue weighted by Crippen LogP contribution is -2.41. The average Bonchev–Trinajstić information content (AvgIpc) is 3.22. The van der Waals surface area contributed by atoms with Crippen LogP contribution in [0.1, 0.15) is 53.9 Å². The van der Waals surface area contributed by atoms with Crippen molar-refractivity contribution in [2.45, 2.75) is 69.4 Å². The van der Waals surface area contributed by atoms with E-state index in [1.807, 2.05) is 47.0 Å². The second-order valence-electron chi connectivity index (χ2n) is 8.41. The molecule has 1 saturated heterocycles. The number of nitrogens with zero attached hydrogens (tertiary/aromatic N) is 2. The van der Waals surface area contributed by atoms with Crippen molar-refractivity contribution in [3.8, 4) is 6.01 Å². The second kappa shape index (κ2) is 8.57. The van der Waals surface area contributed by atoms with Gasteiger partial charge in [-0.2, -0.15) is 4.98 Å². The summed E-state index contributed by atoms with van der Waals surface area (Å²) in [7, 11) is -0.384.